The average molecular weight is 405 g/mol. The van der Waals surface area contributed by atoms with Crippen molar-refractivity contribution in [3.8, 4) is 0 Å². The first-order chi connectivity index (χ1) is 12.7. The summed E-state index contributed by atoms with van der Waals surface area (Å²) in [6, 6.07) is 6.73. The van der Waals surface area contributed by atoms with Gasteiger partial charge >= 0.3 is 0 Å². The zero-order valence-corrected chi connectivity index (χ0v) is 17.5. The molecule has 27 heavy (non-hydrogen) atoms. The molecule has 0 aliphatic heterocycles. The molecule has 0 saturated carbocycles. The number of hydrogen-bond donors (Lipinski definition) is 1. The highest BCUT2D eigenvalue weighted by atomic mass is 35.5. The largest absolute Gasteiger partial charge is 0.302 e. The minimum atomic E-state index is -0.171. The van der Waals surface area contributed by atoms with Gasteiger partial charge in [-0.15, -0.1) is 11.3 Å². The van der Waals surface area contributed by atoms with Crippen molar-refractivity contribution in [3.05, 3.63) is 45.4 Å². The highest BCUT2D eigenvalue weighted by molar-refractivity contribution is 7.15. The van der Waals surface area contributed by atoms with Gasteiger partial charge in [0.2, 0.25) is 5.91 Å². The monoisotopic (exact) mass is 404 g/mol. The number of hydrogen-bond acceptors (Lipinski definition) is 4. The predicted octanol–water partition coefficient (Wildman–Crippen LogP) is 5.55. The normalized spacial score (nSPS) is 16.7. The van der Waals surface area contributed by atoms with E-state index in [2.05, 4.69) is 31.1 Å². The molecule has 0 saturated heterocycles. The molecule has 1 heterocycles. The zero-order valence-electron chi connectivity index (χ0n) is 16.0. The molecule has 1 aromatic carbocycles. The first-order valence-corrected chi connectivity index (χ1v) is 10.5. The third-order valence-electron chi connectivity index (χ3n) is 5.16. The minimum Gasteiger partial charge on any atom is -0.302 e. The van der Waals surface area contributed by atoms with Gasteiger partial charge in [0.1, 0.15) is 0 Å². The van der Waals surface area contributed by atoms with Crippen molar-refractivity contribution < 1.29 is 9.59 Å². The lowest BCUT2D eigenvalue weighted by molar-refractivity contribution is -0.116. The fraction of sp³-hybridized carbons (Fsp3) is 0.476. The maximum Gasteiger partial charge on any atom is 0.226 e. The quantitative estimate of drug-likeness (QED) is 0.664. The van der Waals surface area contributed by atoms with Crippen molar-refractivity contribution in [2.75, 3.05) is 5.32 Å². The molecule has 0 spiro atoms. The van der Waals surface area contributed by atoms with Crippen LogP contribution in [0.25, 0.3) is 0 Å². The van der Waals surface area contributed by atoms with Crippen molar-refractivity contribution in [3.63, 3.8) is 0 Å². The van der Waals surface area contributed by atoms with E-state index in [4.69, 9.17) is 11.6 Å². The third-order valence-corrected chi connectivity index (χ3v) is 6.44. The lowest BCUT2D eigenvalue weighted by Crippen LogP contribution is -2.26. The van der Waals surface area contributed by atoms with Crippen LogP contribution in [0, 0.1) is 11.3 Å². The number of thiazole rings is 1. The molecule has 1 aliphatic rings. The number of carbonyl (C=O) groups is 2. The number of halogens is 1. The molecule has 1 atom stereocenters. The number of carbonyl (C=O) groups excluding carboxylic acids is 2. The third kappa shape index (κ3) is 5.17. The molecule has 0 bridgehead atoms. The molecule has 1 N–H and O–H groups in total. The second kappa shape index (κ2) is 8.11. The van der Waals surface area contributed by atoms with Gasteiger partial charge in [0.25, 0.3) is 0 Å². The van der Waals surface area contributed by atoms with E-state index in [-0.39, 0.29) is 29.9 Å². The Hall–Kier alpha value is -1.72. The van der Waals surface area contributed by atoms with Crippen LogP contribution in [0.2, 0.25) is 5.02 Å². The number of nitrogens with zero attached hydrogens (tertiary/aromatic N) is 1. The molecule has 0 radical (unpaired) electrons. The summed E-state index contributed by atoms with van der Waals surface area (Å²) >= 11 is 7.40. The van der Waals surface area contributed by atoms with Crippen molar-refractivity contribution in [1.29, 1.82) is 0 Å². The van der Waals surface area contributed by atoms with Crippen LogP contribution in [-0.2, 0) is 17.6 Å². The summed E-state index contributed by atoms with van der Waals surface area (Å²) in [5.41, 5.74) is 1.98. The Kier molecular flexibility index (Phi) is 6.02. The molecule has 1 amide bonds. The van der Waals surface area contributed by atoms with E-state index >= 15 is 0 Å². The highest BCUT2D eigenvalue weighted by Gasteiger charge is 2.30. The maximum absolute atomic E-state index is 12.2. The number of amides is 1. The molecule has 1 aromatic heterocycles. The lowest BCUT2D eigenvalue weighted by Gasteiger charge is -2.33. The smallest absolute Gasteiger partial charge is 0.226 e. The van der Waals surface area contributed by atoms with E-state index in [1.807, 2.05) is 0 Å². The molecule has 2 aromatic rings. The van der Waals surface area contributed by atoms with E-state index in [1.54, 1.807) is 35.6 Å². The Morgan fingerprint density at radius 1 is 1.22 bits per heavy atom. The molecule has 6 heteroatoms. The number of rotatable bonds is 5. The molecule has 144 valence electrons. The van der Waals surface area contributed by atoms with Crippen LogP contribution in [0.3, 0.4) is 0 Å². The molecule has 0 fully saturated rings. The first kappa shape index (κ1) is 20.0. The van der Waals surface area contributed by atoms with Crippen LogP contribution in [0.4, 0.5) is 5.13 Å². The summed E-state index contributed by atoms with van der Waals surface area (Å²) in [5.74, 6) is 0.412. The van der Waals surface area contributed by atoms with Crippen LogP contribution in [0.1, 0.15) is 61.0 Å². The van der Waals surface area contributed by atoms with E-state index in [0.29, 0.717) is 21.6 Å². The lowest BCUT2D eigenvalue weighted by atomic mass is 9.73. The van der Waals surface area contributed by atoms with E-state index in [9.17, 15) is 9.59 Å². The number of anilines is 1. The van der Waals surface area contributed by atoms with Crippen molar-refractivity contribution in [1.82, 2.24) is 4.98 Å². The van der Waals surface area contributed by atoms with Gasteiger partial charge in [0, 0.05) is 28.3 Å². The van der Waals surface area contributed by atoms with E-state index in [1.165, 1.54) is 4.88 Å². The number of aromatic nitrogens is 1. The van der Waals surface area contributed by atoms with Crippen LogP contribution < -0.4 is 5.32 Å². The van der Waals surface area contributed by atoms with Gasteiger partial charge < -0.3 is 5.32 Å². The Labute approximate surface area is 169 Å². The second-order valence-electron chi connectivity index (χ2n) is 8.17. The summed E-state index contributed by atoms with van der Waals surface area (Å²) in [6.45, 7) is 6.85. The summed E-state index contributed by atoms with van der Waals surface area (Å²) in [7, 11) is 0. The minimum absolute atomic E-state index is 0.0618. The molecular formula is C21H25ClN2O2S. The van der Waals surface area contributed by atoms with E-state index < -0.39 is 0 Å². The van der Waals surface area contributed by atoms with Crippen LogP contribution >= 0.6 is 22.9 Å². The standard InChI is InChI=1S/C21H25ClN2O2S/c1-21(2,3)14-6-9-16-18(12-14)27-20(23-16)24-19(26)11-10-17(25)13-4-7-15(22)8-5-13/h4-5,7-8,14H,6,9-12H2,1-3H3,(H,23,24,26). The van der Waals surface area contributed by atoms with E-state index in [0.717, 1.165) is 25.0 Å². The van der Waals surface area contributed by atoms with Gasteiger partial charge in [-0.1, -0.05) is 32.4 Å². The second-order valence-corrected chi connectivity index (χ2v) is 9.69. The van der Waals surface area contributed by atoms with Crippen LogP contribution in [-0.4, -0.2) is 16.7 Å². The van der Waals surface area contributed by atoms with Crippen LogP contribution in [0.5, 0.6) is 0 Å². The number of nitrogens with one attached hydrogen (secondary N) is 1. The van der Waals surface area contributed by atoms with Gasteiger partial charge in [-0.2, -0.15) is 0 Å². The zero-order chi connectivity index (χ0) is 19.6. The molecule has 3 rings (SSSR count). The fourth-order valence-corrected chi connectivity index (χ4v) is 4.59. The Morgan fingerprint density at radius 2 is 1.93 bits per heavy atom. The topological polar surface area (TPSA) is 59.1 Å². The summed E-state index contributed by atoms with van der Waals surface area (Å²) in [6.07, 6.45) is 3.46. The van der Waals surface area contributed by atoms with Gasteiger partial charge in [-0.3, -0.25) is 9.59 Å². The Morgan fingerprint density at radius 3 is 2.59 bits per heavy atom. The van der Waals surface area contributed by atoms with Gasteiger partial charge in [-0.25, -0.2) is 4.98 Å². The predicted molar refractivity (Wildman–Crippen MR) is 111 cm³/mol. The average Bonchev–Trinajstić information content (AvgIpc) is 3.00. The molecule has 4 nitrogen and oxygen atoms in total. The molecule has 1 unspecified atom stereocenters. The Bertz CT molecular complexity index is 837. The summed E-state index contributed by atoms with van der Waals surface area (Å²) < 4.78 is 0. The highest BCUT2D eigenvalue weighted by Crippen LogP contribution is 2.40. The van der Waals surface area contributed by atoms with Crippen molar-refractivity contribution in [2.45, 2.75) is 52.9 Å². The molecular weight excluding hydrogens is 380 g/mol. The number of benzene rings is 1. The molecule has 1 aliphatic carbocycles. The summed E-state index contributed by atoms with van der Waals surface area (Å²) in [5, 5.41) is 4.10. The summed E-state index contributed by atoms with van der Waals surface area (Å²) in [4.78, 5) is 30.3. The van der Waals surface area contributed by atoms with Crippen molar-refractivity contribution >= 4 is 39.8 Å². The number of fused-ring (bicyclic) bond motifs is 1. The number of Topliss-reactive ketones (excluding diaryl/α,β-unsaturated/α-hetero) is 1. The fourth-order valence-electron chi connectivity index (χ4n) is 3.36. The van der Waals surface area contributed by atoms with Crippen LogP contribution in [0.15, 0.2) is 24.3 Å². The van der Waals surface area contributed by atoms with Gasteiger partial charge in [-0.05, 0) is 54.9 Å². The van der Waals surface area contributed by atoms with Gasteiger partial charge in [0.05, 0.1) is 5.69 Å². The number of ketones is 1. The first-order valence-electron chi connectivity index (χ1n) is 9.29. The SMILES string of the molecule is CC(C)(C)C1CCc2nc(NC(=O)CCC(=O)c3ccc(Cl)cc3)sc2C1. The van der Waals surface area contributed by atoms with Crippen molar-refractivity contribution in [2.24, 2.45) is 11.3 Å². The maximum atomic E-state index is 12.2. The Balaban J connectivity index is 1.54. The van der Waals surface area contributed by atoms with Gasteiger partial charge in [0.15, 0.2) is 10.9 Å². The number of aryl methyl sites for hydroxylation is 1.